The molecule has 0 aliphatic rings. The van der Waals surface area contributed by atoms with E-state index in [1.54, 1.807) is 6.07 Å². The zero-order valence-electron chi connectivity index (χ0n) is 6.68. The number of rotatable bonds is 0. The monoisotopic (exact) mass is 248 g/mol. The molecule has 5 heteroatoms. The van der Waals surface area contributed by atoms with Crippen LogP contribution in [0.25, 0.3) is 11.0 Å². The lowest BCUT2D eigenvalue weighted by atomic mass is 10.2. The Balaban J connectivity index is 2.96. The maximum absolute atomic E-state index is 11.0. The van der Waals surface area contributed by atoms with E-state index in [4.69, 9.17) is 39.2 Å². The standard InChI is InChI=1S/C9H3Cl3O2/c10-5-3-9(13)14-8-2-7(12)6(11)1-4(5)8/h1-3H. The van der Waals surface area contributed by atoms with E-state index in [9.17, 15) is 4.79 Å². The van der Waals surface area contributed by atoms with Crippen molar-refractivity contribution in [1.29, 1.82) is 0 Å². The first-order valence-corrected chi connectivity index (χ1v) is 4.80. The van der Waals surface area contributed by atoms with E-state index in [0.717, 1.165) is 0 Å². The number of hydrogen-bond acceptors (Lipinski definition) is 2. The van der Waals surface area contributed by atoms with Gasteiger partial charge in [-0.05, 0) is 6.07 Å². The van der Waals surface area contributed by atoms with Gasteiger partial charge in [-0.2, -0.15) is 0 Å². The maximum atomic E-state index is 11.0. The predicted molar refractivity (Wildman–Crippen MR) is 57.5 cm³/mol. The van der Waals surface area contributed by atoms with E-state index in [-0.39, 0.29) is 0 Å². The van der Waals surface area contributed by atoms with Gasteiger partial charge in [-0.25, -0.2) is 4.79 Å². The fourth-order valence-corrected chi connectivity index (χ4v) is 1.67. The van der Waals surface area contributed by atoms with E-state index in [2.05, 4.69) is 0 Å². The minimum Gasteiger partial charge on any atom is -0.423 e. The largest absolute Gasteiger partial charge is 0.423 e. The van der Waals surface area contributed by atoms with E-state index >= 15 is 0 Å². The first kappa shape index (κ1) is 9.84. The average molecular weight is 249 g/mol. The third-order valence-electron chi connectivity index (χ3n) is 1.73. The fraction of sp³-hybridized carbons (Fsp3) is 0. The molecule has 0 saturated heterocycles. The van der Waals surface area contributed by atoms with Gasteiger partial charge < -0.3 is 4.42 Å². The van der Waals surface area contributed by atoms with Crippen molar-refractivity contribution in [3.8, 4) is 0 Å². The molecule has 0 N–H and O–H groups in total. The minimum absolute atomic E-state index is 0.301. The third kappa shape index (κ3) is 1.61. The van der Waals surface area contributed by atoms with Crippen LogP contribution in [0.3, 0.4) is 0 Å². The van der Waals surface area contributed by atoms with Gasteiger partial charge in [0.15, 0.2) is 0 Å². The van der Waals surface area contributed by atoms with Gasteiger partial charge in [-0.15, -0.1) is 0 Å². The van der Waals surface area contributed by atoms with Gasteiger partial charge >= 0.3 is 5.63 Å². The highest BCUT2D eigenvalue weighted by molar-refractivity contribution is 6.43. The zero-order valence-corrected chi connectivity index (χ0v) is 8.95. The van der Waals surface area contributed by atoms with E-state index in [0.29, 0.717) is 26.0 Å². The first-order chi connectivity index (χ1) is 6.58. The van der Waals surface area contributed by atoms with Crippen LogP contribution in [0, 0.1) is 0 Å². The molecule has 1 aromatic carbocycles. The number of hydrogen-bond donors (Lipinski definition) is 0. The molecular weight excluding hydrogens is 246 g/mol. The molecule has 0 atom stereocenters. The highest BCUT2D eigenvalue weighted by atomic mass is 35.5. The minimum atomic E-state index is -0.513. The Morgan fingerprint density at radius 3 is 2.29 bits per heavy atom. The Kier molecular flexibility index (Phi) is 2.43. The van der Waals surface area contributed by atoms with E-state index < -0.39 is 5.63 Å². The van der Waals surface area contributed by atoms with Crippen molar-refractivity contribution in [3.05, 3.63) is 43.7 Å². The van der Waals surface area contributed by atoms with Crippen LogP contribution in [0.4, 0.5) is 0 Å². The first-order valence-electron chi connectivity index (χ1n) is 3.66. The van der Waals surface area contributed by atoms with Crippen LogP contribution < -0.4 is 5.63 Å². The molecular formula is C9H3Cl3O2. The summed E-state index contributed by atoms with van der Waals surface area (Å²) in [6, 6.07) is 4.21. The third-order valence-corrected chi connectivity index (χ3v) is 2.77. The fourth-order valence-electron chi connectivity index (χ4n) is 1.12. The topological polar surface area (TPSA) is 30.2 Å². The predicted octanol–water partition coefficient (Wildman–Crippen LogP) is 3.75. The second-order valence-electron chi connectivity index (χ2n) is 2.68. The summed E-state index contributed by atoms with van der Waals surface area (Å²) in [6.45, 7) is 0. The second-order valence-corrected chi connectivity index (χ2v) is 3.90. The summed E-state index contributed by atoms with van der Waals surface area (Å²) < 4.78 is 4.90. The van der Waals surface area contributed by atoms with Crippen molar-refractivity contribution < 1.29 is 4.42 Å². The van der Waals surface area contributed by atoms with Gasteiger partial charge in [0.1, 0.15) is 5.58 Å². The van der Waals surface area contributed by atoms with Gasteiger partial charge in [0.2, 0.25) is 0 Å². The lowest BCUT2D eigenvalue weighted by Gasteiger charge is -2.00. The summed E-state index contributed by atoms with van der Waals surface area (Å²) in [7, 11) is 0. The summed E-state index contributed by atoms with van der Waals surface area (Å²) in [5.41, 5.74) is -0.183. The van der Waals surface area contributed by atoms with Crippen LogP contribution in [0.1, 0.15) is 0 Å². The Morgan fingerprint density at radius 2 is 1.57 bits per heavy atom. The molecule has 2 rings (SSSR count). The molecule has 0 bridgehead atoms. The molecule has 0 fully saturated rings. The molecule has 0 aliphatic heterocycles. The van der Waals surface area contributed by atoms with Gasteiger partial charge in [-0.3, -0.25) is 0 Å². The molecule has 14 heavy (non-hydrogen) atoms. The number of fused-ring (bicyclic) bond motifs is 1. The average Bonchev–Trinajstić information content (AvgIpc) is 2.08. The Hall–Kier alpha value is -0.700. The van der Waals surface area contributed by atoms with Crippen LogP contribution in [-0.2, 0) is 0 Å². The van der Waals surface area contributed by atoms with Crippen molar-refractivity contribution in [1.82, 2.24) is 0 Å². The van der Waals surface area contributed by atoms with Crippen molar-refractivity contribution in [3.63, 3.8) is 0 Å². The SMILES string of the molecule is O=c1cc(Cl)c2cc(Cl)c(Cl)cc2o1. The Bertz CT molecular complexity index is 560. The van der Waals surface area contributed by atoms with Crippen LogP contribution >= 0.6 is 34.8 Å². The number of halogens is 3. The summed E-state index contributed by atoms with van der Waals surface area (Å²) in [6.07, 6.45) is 0. The van der Waals surface area contributed by atoms with E-state index in [1.807, 2.05) is 0 Å². The molecule has 72 valence electrons. The van der Waals surface area contributed by atoms with Gasteiger partial charge in [0, 0.05) is 17.5 Å². The Labute approximate surface area is 94.0 Å². The highest BCUT2D eigenvalue weighted by Crippen LogP contribution is 2.30. The van der Waals surface area contributed by atoms with Gasteiger partial charge in [0.25, 0.3) is 0 Å². The molecule has 0 radical (unpaired) electrons. The van der Waals surface area contributed by atoms with E-state index in [1.165, 1.54) is 12.1 Å². The maximum Gasteiger partial charge on any atom is 0.337 e. The number of benzene rings is 1. The molecule has 1 aromatic heterocycles. The van der Waals surface area contributed by atoms with Crippen LogP contribution in [0.15, 0.2) is 27.4 Å². The van der Waals surface area contributed by atoms with Crippen LogP contribution in [0.5, 0.6) is 0 Å². The van der Waals surface area contributed by atoms with Gasteiger partial charge in [-0.1, -0.05) is 34.8 Å². The molecule has 0 spiro atoms. The van der Waals surface area contributed by atoms with Crippen molar-refractivity contribution >= 4 is 45.8 Å². The highest BCUT2D eigenvalue weighted by Gasteiger charge is 2.07. The molecule has 2 aromatic rings. The van der Waals surface area contributed by atoms with Crippen molar-refractivity contribution in [2.24, 2.45) is 0 Å². The van der Waals surface area contributed by atoms with Gasteiger partial charge in [0.05, 0.1) is 15.1 Å². The van der Waals surface area contributed by atoms with Crippen molar-refractivity contribution in [2.75, 3.05) is 0 Å². The lowest BCUT2D eigenvalue weighted by Crippen LogP contribution is -1.95. The normalized spacial score (nSPS) is 10.8. The lowest BCUT2D eigenvalue weighted by molar-refractivity contribution is 0.561. The molecule has 0 amide bonds. The zero-order chi connectivity index (χ0) is 10.3. The molecule has 0 aliphatic carbocycles. The molecule has 2 nitrogen and oxygen atoms in total. The summed E-state index contributed by atoms with van der Waals surface area (Å²) >= 11 is 17.4. The Morgan fingerprint density at radius 1 is 0.929 bits per heavy atom. The quantitative estimate of drug-likeness (QED) is 0.666. The second kappa shape index (κ2) is 3.46. The smallest absolute Gasteiger partial charge is 0.337 e. The molecule has 0 saturated carbocycles. The summed E-state index contributed by atoms with van der Waals surface area (Å²) in [5.74, 6) is 0. The summed E-state index contributed by atoms with van der Waals surface area (Å²) in [4.78, 5) is 11.0. The van der Waals surface area contributed by atoms with Crippen LogP contribution in [0.2, 0.25) is 15.1 Å². The van der Waals surface area contributed by atoms with Crippen molar-refractivity contribution in [2.45, 2.75) is 0 Å². The molecule has 0 unspecified atom stereocenters. The summed E-state index contributed by atoms with van der Waals surface area (Å²) in [5, 5.41) is 1.56. The molecule has 1 heterocycles. The van der Waals surface area contributed by atoms with Crippen LogP contribution in [-0.4, -0.2) is 0 Å².